The highest BCUT2D eigenvalue weighted by atomic mass is 32.2. The molecular formula is C10H20N2OS. The van der Waals surface area contributed by atoms with Crippen LogP contribution >= 0.6 is 11.8 Å². The Morgan fingerprint density at radius 3 is 2.86 bits per heavy atom. The summed E-state index contributed by atoms with van der Waals surface area (Å²) in [7, 11) is 0. The second kappa shape index (κ2) is 5.03. The Labute approximate surface area is 90.2 Å². The Morgan fingerprint density at radius 1 is 1.64 bits per heavy atom. The normalized spacial score (nSPS) is 23.2. The minimum Gasteiger partial charge on any atom is -0.352 e. The van der Waals surface area contributed by atoms with Crippen molar-refractivity contribution in [3.8, 4) is 0 Å². The molecule has 0 bridgehead atoms. The molecule has 4 heteroatoms. The van der Waals surface area contributed by atoms with Crippen LogP contribution in [0.2, 0.25) is 0 Å². The van der Waals surface area contributed by atoms with E-state index in [4.69, 9.17) is 5.73 Å². The zero-order valence-corrected chi connectivity index (χ0v) is 9.82. The first-order chi connectivity index (χ1) is 6.47. The average Bonchev–Trinajstić information content (AvgIpc) is 2.02. The van der Waals surface area contributed by atoms with Crippen LogP contribution in [0.5, 0.6) is 0 Å². The molecule has 3 nitrogen and oxygen atoms in total. The molecule has 1 heterocycles. The fourth-order valence-electron chi connectivity index (χ4n) is 1.55. The van der Waals surface area contributed by atoms with E-state index in [0.29, 0.717) is 12.5 Å². The molecule has 82 valence electrons. The highest BCUT2D eigenvalue weighted by Crippen LogP contribution is 2.17. The smallest absolute Gasteiger partial charge is 0.222 e. The lowest BCUT2D eigenvalue weighted by Crippen LogP contribution is -2.44. The van der Waals surface area contributed by atoms with Gasteiger partial charge in [-0.3, -0.25) is 4.79 Å². The number of nitrogens with one attached hydrogen (secondary N) is 1. The Balaban J connectivity index is 2.25. The third-order valence-corrected chi connectivity index (χ3v) is 3.36. The molecule has 1 aliphatic heterocycles. The van der Waals surface area contributed by atoms with Crippen molar-refractivity contribution in [1.29, 1.82) is 0 Å². The predicted octanol–water partition coefficient (Wildman–Crippen LogP) is 1.13. The highest BCUT2D eigenvalue weighted by molar-refractivity contribution is 7.99. The molecule has 1 fully saturated rings. The van der Waals surface area contributed by atoms with E-state index >= 15 is 0 Å². The number of rotatable bonds is 3. The highest BCUT2D eigenvalue weighted by Gasteiger charge is 2.20. The zero-order valence-electron chi connectivity index (χ0n) is 9.01. The minimum absolute atomic E-state index is 0.0880. The van der Waals surface area contributed by atoms with Crippen LogP contribution in [0, 0.1) is 0 Å². The third-order valence-electron chi connectivity index (χ3n) is 2.14. The van der Waals surface area contributed by atoms with Gasteiger partial charge in [0.05, 0.1) is 0 Å². The number of carbonyl (C=O) groups is 1. The molecule has 0 aromatic rings. The van der Waals surface area contributed by atoms with Crippen LogP contribution in [0.1, 0.15) is 33.1 Å². The molecule has 14 heavy (non-hydrogen) atoms. The summed E-state index contributed by atoms with van der Waals surface area (Å²) >= 11 is 1.92. The topological polar surface area (TPSA) is 55.1 Å². The summed E-state index contributed by atoms with van der Waals surface area (Å²) in [5.41, 5.74) is 5.38. The van der Waals surface area contributed by atoms with Gasteiger partial charge in [0, 0.05) is 23.8 Å². The molecule has 1 aliphatic rings. The van der Waals surface area contributed by atoms with Crippen molar-refractivity contribution in [1.82, 2.24) is 5.32 Å². The minimum atomic E-state index is -0.397. The molecule has 0 aromatic carbocycles. The maximum Gasteiger partial charge on any atom is 0.222 e. The molecule has 0 aliphatic carbocycles. The van der Waals surface area contributed by atoms with Crippen LogP contribution in [-0.4, -0.2) is 29.0 Å². The van der Waals surface area contributed by atoms with Crippen molar-refractivity contribution in [3.63, 3.8) is 0 Å². The second-order valence-corrected chi connectivity index (χ2v) is 5.80. The van der Waals surface area contributed by atoms with Gasteiger partial charge in [-0.1, -0.05) is 0 Å². The van der Waals surface area contributed by atoms with E-state index in [0.717, 1.165) is 12.2 Å². The standard InChI is InChI=1S/C10H20N2OS/c1-10(2,11)6-9(13)12-8-4-3-5-14-7-8/h8H,3-7,11H2,1-2H3,(H,12,13). The number of thioether (sulfide) groups is 1. The molecule has 0 radical (unpaired) electrons. The van der Waals surface area contributed by atoms with Gasteiger partial charge < -0.3 is 11.1 Å². The number of nitrogens with two attached hydrogens (primary N) is 1. The molecule has 1 amide bonds. The summed E-state index contributed by atoms with van der Waals surface area (Å²) in [6.45, 7) is 3.75. The molecule has 0 aromatic heterocycles. The van der Waals surface area contributed by atoms with Gasteiger partial charge in [0.1, 0.15) is 0 Å². The fourth-order valence-corrected chi connectivity index (χ4v) is 2.62. The largest absolute Gasteiger partial charge is 0.352 e. The summed E-state index contributed by atoms with van der Waals surface area (Å²) in [5.74, 6) is 2.37. The lowest BCUT2D eigenvalue weighted by molar-refractivity contribution is -0.122. The van der Waals surface area contributed by atoms with Gasteiger partial charge in [-0.15, -0.1) is 0 Å². The van der Waals surface area contributed by atoms with Gasteiger partial charge in [-0.25, -0.2) is 0 Å². The van der Waals surface area contributed by atoms with Gasteiger partial charge in [0.25, 0.3) is 0 Å². The van der Waals surface area contributed by atoms with Gasteiger partial charge in [-0.2, -0.15) is 11.8 Å². The lowest BCUT2D eigenvalue weighted by Gasteiger charge is -2.24. The van der Waals surface area contributed by atoms with Crippen molar-refractivity contribution in [3.05, 3.63) is 0 Å². The van der Waals surface area contributed by atoms with E-state index in [1.807, 2.05) is 25.6 Å². The number of hydrogen-bond donors (Lipinski definition) is 2. The Morgan fingerprint density at radius 2 is 2.36 bits per heavy atom. The molecule has 0 spiro atoms. The van der Waals surface area contributed by atoms with Crippen LogP contribution in [0.3, 0.4) is 0 Å². The summed E-state index contributed by atoms with van der Waals surface area (Å²) in [6, 6.07) is 0.364. The van der Waals surface area contributed by atoms with Gasteiger partial charge >= 0.3 is 0 Å². The maximum atomic E-state index is 11.5. The Kier molecular flexibility index (Phi) is 4.26. The molecule has 1 saturated heterocycles. The van der Waals surface area contributed by atoms with Crippen LogP contribution in [0.4, 0.5) is 0 Å². The monoisotopic (exact) mass is 216 g/mol. The fraction of sp³-hybridized carbons (Fsp3) is 0.900. The van der Waals surface area contributed by atoms with Gasteiger partial charge in [0.15, 0.2) is 0 Å². The average molecular weight is 216 g/mol. The molecule has 3 N–H and O–H groups in total. The molecule has 1 rings (SSSR count). The second-order valence-electron chi connectivity index (χ2n) is 4.65. The molecule has 1 unspecified atom stereocenters. The van der Waals surface area contributed by atoms with Crippen molar-refractivity contribution in [2.45, 2.75) is 44.7 Å². The van der Waals surface area contributed by atoms with E-state index in [1.54, 1.807) is 0 Å². The Bertz CT molecular complexity index is 195. The summed E-state index contributed by atoms with van der Waals surface area (Å²) < 4.78 is 0. The predicted molar refractivity (Wildman–Crippen MR) is 61.4 cm³/mol. The summed E-state index contributed by atoms with van der Waals surface area (Å²) in [5, 5.41) is 3.04. The number of hydrogen-bond acceptors (Lipinski definition) is 3. The quantitative estimate of drug-likeness (QED) is 0.743. The zero-order chi connectivity index (χ0) is 10.6. The van der Waals surface area contributed by atoms with Crippen molar-refractivity contribution >= 4 is 17.7 Å². The van der Waals surface area contributed by atoms with Crippen LogP contribution in [0.15, 0.2) is 0 Å². The van der Waals surface area contributed by atoms with Crippen molar-refractivity contribution < 1.29 is 4.79 Å². The lowest BCUT2D eigenvalue weighted by atomic mass is 10.0. The van der Waals surface area contributed by atoms with Gasteiger partial charge in [-0.05, 0) is 32.4 Å². The third kappa shape index (κ3) is 4.86. The summed E-state index contributed by atoms with van der Waals surface area (Å²) in [4.78, 5) is 11.5. The van der Waals surface area contributed by atoms with Crippen LogP contribution < -0.4 is 11.1 Å². The van der Waals surface area contributed by atoms with Crippen molar-refractivity contribution in [2.24, 2.45) is 5.73 Å². The van der Waals surface area contributed by atoms with E-state index in [-0.39, 0.29) is 5.91 Å². The van der Waals surface area contributed by atoms with E-state index in [2.05, 4.69) is 5.32 Å². The molecule has 1 atom stereocenters. The first kappa shape index (κ1) is 11.9. The first-order valence-electron chi connectivity index (χ1n) is 5.13. The van der Waals surface area contributed by atoms with E-state index in [9.17, 15) is 4.79 Å². The van der Waals surface area contributed by atoms with Crippen molar-refractivity contribution in [2.75, 3.05) is 11.5 Å². The first-order valence-corrected chi connectivity index (χ1v) is 6.29. The summed E-state index contributed by atoms with van der Waals surface area (Å²) in [6.07, 6.45) is 2.74. The maximum absolute atomic E-state index is 11.5. The van der Waals surface area contributed by atoms with Crippen LogP contribution in [-0.2, 0) is 4.79 Å². The molecular weight excluding hydrogens is 196 g/mol. The van der Waals surface area contributed by atoms with E-state index < -0.39 is 5.54 Å². The number of amides is 1. The SMILES string of the molecule is CC(C)(N)CC(=O)NC1CCCSC1. The Hall–Kier alpha value is -0.220. The van der Waals surface area contributed by atoms with Crippen LogP contribution in [0.25, 0.3) is 0 Å². The van der Waals surface area contributed by atoms with Gasteiger partial charge in [0.2, 0.25) is 5.91 Å². The van der Waals surface area contributed by atoms with E-state index in [1.165, 1.54) is 12.2 Å². The number of carbonyl (C=O) groups excluding carboxylic acids is 1. The molecule has 0 saturated carbocycles.